The van der Waals surface area contributed by atoms with Gasteiger partial charge in [-0.2, -0.15) is 5.26 Å². The SMILES string of the molecule is CC(C)(C)c1ccc(C2C(C#N)=C(N)Oc3cc(OC(=O)c4sc5cccc(Cl)c5c4Cl)ccc32)cc1. The van der Waals surface area contributed by atoms with Crippen LogP contribution in [0.2, 0.25) is 10.0 Å². The summed E-state index contributed by atoms with van der Waals surface area (Å²) in [5.74, 6) is -0.318. The molecule has 2 heterocycles. The minimum atomic E-state index is -0.603. The molecule has 1 aromatic heterocycles. The van der Waals surface area contributed by atoms with E-state index in [0.29, 0.717) is 21.7 Å². The van der Waals surface area contributed by atoms with Gasteiger partial charge < -0.3 is 15.2 Å². The van der Waals surface area contributed by atoms with E-state index in [-0.39, 0.29) is 26.9 Å². The third-order valence-corrected chi connectivity index (χ3v) is 8.24. The number of hydrogen-bond donors (Lipinski definition) is 1. The van der Waals surface area contributed by atoms with Gasteiger partial charge in [0.15, 0.2) is 0 Å². The van der Waals surface area contributed by atoms with Gasteiger partial charge in [-0.15, -0.1) is 11.3 Å². The molecule has 1 atom stereocenters. The highest BCUT2D eigenvalue weighted by atomic mass is 35.5. The summed E-state index contributed by atoms with van der Waals surface area (Å²) in [7, 11) is 0. The summed E-state index contributed by atoms with van der Waals surface area (Å²) in [6.45, 7) is 6.44. The van der Waals surface area contributed by atoms with Crippen molar-refractivity contribution in [1.29, 1.82) is 5.26 Å². The Morgan fingerprint density at radius 2 is 1.84 bits per heavy atom. The molecule has 0 fully saturated rings. The number of carbonyl (C=O) groups is 1. The van der Waals surface area contributed by atoms with Crippen molar-refractivity contribution in [3.63, 3.8) is 0 Å². The Kier molecular flexibility index (Phi) is 6.41. The van der Waals surface area contributed by atoms with Crippen LogP contribution in [0.15, 0.2) is 72.1 Å². The highest BCUT2D eigenvalue weighted by molar-refractivity contribution is 7.21. The third kappa shape index (κ3) is 4.55. The van der Waals surface area contributed by atoms with Gasteiger partial charge in [0.25, 0.3) is 0 Å². The molecule has 1 aliphatic rings. The van der Waals surface area contributed by atoms with Crippen LogP contribution in [0.3, 0.4) is 0 Å². The minimum Gasteiger partial charge on any atom is -0.440 e. The molecule has 3 aromatic carbocycles. The number of fused-ring (bicyclic) bond motifs is 2. The van der Waals surface area contributed by atoms with Crippen LogP contribution in [0.5, 0.6) is 11.5 Å². The zero-order valence-electron chi connectivity index (χ0n) is 20.3. The number of hydrogen-bond acceptors (Lipinski definition) is 6. The average Bonchev–Trinajstić information content (AvgIpc) is 3.20. The van der Waals surface area contributed by atoms with E-state index in [4.69, 9.17) is 38.4 Å². The van der Waals surface area contributed by atoms with Crippen molar-refractivity contribution < 1.29 is 14.3 Å². The lowest BCUT2D eigenvalue weighted by atomic mass is 9.81. The molecule has 0 saturated heterocycles. The summed E-state index contributed by atoms with van der Waals surface area (Å²) in [4.78, 5) is 13.2. The first kappa shape index (κ1) is 25.2. The van der Waals surface area contributed by atoms with Crippen LogP contribution in [-0.2, 0) is 5.41 Å². The summed E-state index contributed by atoms with van der Waals surface area (Å²) in [5, 5.41) is 11.2. The molecular weight excluding hydrogens is 527 g/mol. The number of rotatable bonds is 3. The van der Waals surface area contributed by atoms with Crippen molar-refractivity contribution in [1.82, 2.24) is 0 Å². The molecule has 1 unspecified atom stereocenters. The second-order valence-corrected chi connectivity index (χ2v) is 11.6. The van der Waals surface area contributed by atoms with E-state index in [2.05, 4.69) is 39.0 Å². The Bertz CT molecular complexity index is 1630. The van der Waals surface area contributed by atoms with E-state index < -0.39 is 11.9 Å². The summed E-state index contributed by atoms with van der Waals surface area (Å²) in [6, 6.07) is 20.8. The van der Waals surface area contributed by atoms with Crippen LogP contribution in [0.1, 0.15) is 53.1 Å². The van der Waals surface area contributed by atoms with Crippen LogP contribution in [0, 0.1) is 11.3 Å². The number of ether oxygens (including phenoxy) is 2. The first-order chi connectivity index (χ1) is 17.6. The summed E-state index contributed by atoms with van der Waals surface area (Å²) in [5.41, 5.74) is 9.32. The fourth-order valence-corrected chi connectivity index (χ4v) is 6.20. The van der Waals surface area contributed by atoms with Gasteiger partial charge in [0.2, 0.25) is 5.88 Å². The maximum atomic E-state index is 13.0. The first-order valence-corrected chi connectivity index (χ1v) is 13.1. The smallest absolute Gasteiger partial charge is 0.355 e. The summed E-state index contributed by atoms with van der Waals surface area (Å²) < 4.78 is 12.2. The maximum Gasteiger partial charge on any atom is 0.355 e. The second-order valence-electron chi connectivity index (χ2n) is 9.74. The normalized spacial score (nSPS) is 15.2. The lowest BCUT2D eigenvalue weighted by Crippen LogP contribution is -2.21. The third-order valence-electron chi connectivity index (χ3n) is 6.30. The molecule has 0 saturated carbocycles. The molecule has 0 aliphatic carbocycles. The Labute approximate surface area is 228 Å². The number of nitrogens with zero attached hydrogens (tertiary/aromatic N) is 1. The Morgan fingerprint density at radius 3 is 2.49 bits per heavy atom. The summed E-state index contributed by atoms with van der Waals surface area (Å²) >= 11 is 13.9. The van der Waals surface area contributed by atoms with Crippen LogP contribution < -0.4 is 15.2 Å². The molecule has 1 aliphatic heterocycles. The number of nitrogens with two attached hydrogens (primary N) is 1. The van der Waals surface area contributed by atoms with Gasteiger partial charge in [-0.3, -0.25) is 0 Å². The number of allylic oxidation sites excluding steroid dienone is 1. The molecule has 2 N–H and O–H groups in total. The second kappa shape index (κ2) is 9.42. The number of nitriles is 1. The Hall–Kier alpha value is -3.50. The van der Waals surface area contributed by atoms with Gasteiger partial charge in [0.1, 0.15) is 28.0 Å². The van der Waals surface area contributed by atoms with Crippen molar-refractivity contribution >= 4 is 50.6 Å². The molecule has 8 heteroatoms. The monoisotopic (exact) mass is 548 g/mol. The fraction of sp³-hybridized carbons (Fsp3) is 0.172. The van der Waals surface area contributed by atoms with Gasteiger partial charge in [-0.25, -0.2) is 4.79 Å². The van der Waals surface area contributed by atoms with Crippen LogP contribution >= 0.6 is 34.5 Å². The molecule has 0 bridgehead atoms. The first-order valence-electron chi connectivity index (χ1n) is 11.5. The average molecular weight is 549 g/mol. The molecule has 5 nitrogen and oxygen atoms in total. The van der Waals surface area contributed by atoms with Gasteiger partial charge in [-0.05, 0) is 34.7 Å². The molecule has 0 radical (unpaired) electrons. The molecule has 0 spiro atoms. The predicted molar refractivity (Wildman–Crippen MR) is 148 cm³/mol. The van der Waals surface area contributed by atoms with Crippen LogP contribution in [0.25, 0.3) is 10.1 Å². The predicted octanol–water partition coefficient (Wildman–Crippen LogP) is 7.94. The van der Waals surface area contributed by atoms with E-state index in [1.54, 1.807) is 30.3 Å². The van der Waals surface area contributed by atoms with E-state index in [1.807, 2.05) is 18.2 Å². The Morgan fingerprint density at radius 1 is 1.11 bits per heavy atom. The number of esters is 1. The lowest BCUT2D eigenvalue weighted by molar-refractivity contribution is 0.0740. The van der Waals surface area contributed by atoms with Crippen LogP contribution in [0.4, 0.5) is 0 Å². The van der Waals surface area contributed by atoms with E-state index in [9.17, 15) is 10.1 Å². The minimum absolute atomic E-state index is 0.000455. The maximum absolute atomic E-state index is 13.0. The number of halogens is 2. The number of thiophene rings is 1. The van der Waals surface area contributed by atoms with E-state index >= 15 is 0 Å². The molecule has 0 amide bonds. The largest absolute Gasteiger partial charge is 0.440 e. The molecular formula is C29H22Cl2N2O3S. The van der Waals surface area contributed by atoms with Crippen molar-refractivity contribution in [2.45, 2.75) is 32.1 Å². The summed E-state index contributed by atoms with van der Waals surface area (Å²) in [6.07, 6.45) is 0. The zero-order chi connectivity index (χ0) is 26.5. The highest BCUT2D eigenvalue weighted by Crippen LogP contribution is 2.44. The van der Waals surface area contributed by atoms with Gasteiger partial charge in [0, 0.05) is 21.7 Å². The molecule has 37 heavy (non-hydrogen) atoms. The fourth-order valence-electron chi connectivity index (χ4n) is 4.37. The van der Waals surface area contributed by atoms with Crippen molar-refractivity contribution in [3.8, 4) is 17.6 Å². The quantitative estimate of drug-likeness (QED) is 0.207. The van der Waals surface area contributed by atoms with Crippen molar-refractivity contribution in [3.05, 3.63) is 104 Å². The molecule has 5 rings (SSSR count). The standard InChI is InChI=1S/C29H22Cl2N2O3S/c1-29(2,3)16-9-7-15(8-10-16)23-18-12-11-17(13-21(18)36-27(33)19(23)14-32)35-28(34)26-25(31)24-20(30)5-4-6-22(24)37-26/h4-13,23H,33H2,1-3H3. The number of carbonyl (C=O) groups excluding carboxylic acids is 1. The van der Waals surface area contributed by atoms with E-state index in [0.717, 1.165) is 15.8 Å². The van der Waals surface area contributed by atoms with E-state index in [1.165, 1.54) is 16.9 Å². The topological polar surface area (TPSA) is 85.3 Å². The Balaban J connectivity index is 1.48. The number of benzene rings is 3. The lowest BCUT2D eigenvalue weighted by Gasteiger charge is -2.27. The molecule has 4 aromatic rings. The molecule has 186 valence electrons. The van der Waals surface area contributed by atoms with Gasteiger partial charge in [0.05, 0.1) is 16.0 Å². The zero-order valence-corrected chi connectivity index (χ0v) is 22.6. The van der Waals surface area contributed by atoms with Crippen LogP contribution in [-0.4, -0.2) is 5.97 Å². The van der Waals surface area contributed by atoms with Crippen molar-refractivity contribution in [2.75, 3.05) is 0 Å². The van der Waals surface area contributed by atoms with Gasteiger partial charge in [-0.1, -0.05) is 80.4 Å². The van der Waals surface area contributed by atoms with Gasteiger partial charge >= 0.3 is 5.97 Å². The highest BCUT2D eigenvalue weighted by Gasteiger charge is 2.31. The van der Waals surface area contributed by atoms with Crippen molar-refractivity contribution in [2.24, 2.45) is 5.73 Å².